The highest BCUT2D eigenvalue weighted by atomic mass is 28.4. The van der Waals surface area contributed by atoms with Crippen molar-refractivity contribution in [3.05, 3.63) is 35.9 Å². The molecule has 0 aliphatic carbocycles. The van der Waals surface area contributed by atoms with Crippen LogP contribution in [0.15, 0.2) is 35.5 Å². The molecule has 0 amide bonds. The van der Waals surface area contributed by atoms with Gasteiger partial charge in [0.2, 0.25) is 5.90 Å². The van der Waals surface area contributed by atoms with E-state index in [2.05, 4.69) is 39.0 Å². The second-order valence-electron chi connectivity index (χ2n) is 6.22. The molecule has 20 heavy (non-hydrogen) atoms. The van der Waals surface area contributed by atoms with Crippen molar-refractivity contribution in [2.45, 2.75) is 45.8 Å². The minimum atomic E-state index is -1.94. The Kier molecular flexibility index (Phi) is 5.11. The van der Waals surface area contributed by atoms with E-state index in [9.17, 15) is 4.79 Å². The second kappa shape index (κ2) is 6.22. The summed E-state index contributed by atoms with van der Waals surface area (Å²) < 4.78 is 5.90. The van der Waals surface area contributed by atoms with E-state index in [0.717, 1.165) is 0 Å². The van der Waals surface area contributed by atoms with Gasteiger partial charge in [-0.05, 0) is 35.4 Å². The summed E-state index contributed by atoms with van der Waals surface area (Å²) >= 11 is 0. The van der Waals surface area contributed by atoms with E-state index in [1.54, 1.807) is 31.2 Å². The molecule has 1 aromatic rings. The third-order valence-corrected chi connectivity index (χ3v) is 7.89. The summed E-state index contributed by atoms with van der Waals surface area (Å²) in [6, 6.07) is 8.76. The largest absolute Gasteiger partial charge is 0.532 e. The first-order valence-corrected chi connectivity index (χ1v) is 9.54. The Bertz CT molecular complexity index is 490. The van der Waals surface area contributed by atoms with Crippen molar-refractivity contribution < 1.29 is 14.1 Å². The van der Waals surface area contributed by atoms with Crippen LogP contribution in [0.1, 0.15) is 38.1 Å². The maximum absolute atomic E-state index is 11.7. The van der Waals surface area contributed by atoms with Gasteiger partial charge in [-0.2, -0.15) is 0 Å². The average molecular weight is 293 g/mol. The summed E-state index contributed by atoms with van der Waals surface area (Å²) in [6.07, 6.45) is 0. The van der Waals surface area contributed by atoms with Gasteiger partial charge in [-0.25, -0.2) is 4.79 Å². The molecule has 0 aliphatic rings. The normalized spacial score (nSPS) is 13.0. The summed E-state index contributed by atoms with van der Waals surface area (Å²) in [5.41, 5.74) is 0.469. The van der Waals surface area contributed by atoms with Crippen molar-refractivity contribution in [2.24, 2.45) is 5.16 Å². The molecule has 0 heterocycles. The van der Waals surface area contributed by atoms with Crippen molar-refractivity contribution >= 4 is 20.2 Å². The lowest BCUT2D eigenvalue weighted by Gasteiger charge is -2.35. The van der Waals surface area contributed by atoms with E-state index >= 15 is 0 Å². The maximum Gasteiger partial charge on any atom is 0.365 e. The van der Waals surface area contributed by atoms with Gasteiger partial charge in [0, 0.05) is 6.92 Å². The van der Waals surface area contributed by atoms with Crippen LogP contribution in [0.3, 0.4) is 0 Å². The van der Waals surface area contributed by atoms with Gasteiger partial charge in [0.25, 0.3) is 8.32 Å². The van der Waals surface area contributed by atoms with Crippen LogP contribution in [0.25, 0.3) is 0 Å². The molecular formula is C15H23NO3Si. The van der Waals surface area contributed by atoms with E-state index in [1.807, 2.05) is 6.07 Å². The maximum atomic E-state index is 11.7. The zero-order valence-electron chi connectivity index (χ0n) is 13.1. The van der Waals surface area contributed by atoms with Crippen molar-refractivity contribution in [3.8, 4) is 0 Å². The minimum Gasteiger partial charge on any atom is -0.532 e. The van der Waals surface area contributed by atoms with E-state index < -0.39 is 14.3 Å². The Balaban J connectivity index is 2.65. The van der Waals surface area contributed by atoms with Crippen LogP contribution < -0.4 is 0 Å². The highest BCUT2D eigenvalue weighted by molar-refractivity contribution is 6.75. The predicted octanol–water partition coefficient (Wildman–Crippen LogP) is 4.20. The Labute approximate surface area is 121 Å². The van der Waals surface area contributed by atoms with Crippen LogP contribution >= 0.6 is 0 Å². The number of nitrogens with zero attached hydrogens (tertiary/aromatic N) is 1. The highest BCUT2D eigenvalue weighted by Crippen LogP contribution is 2.36. The van der Waals surface area contributed by atoms with Crippen LogP contribution in [0.2, 0.25) is 18.1 Å². The Morgan fingerprint density at radius 1 is 1.15 bits per heavy atom. The summed E-state index contributed by atoms with van der Waals surface area (Å²) in [5, 5.41) is 3.86. The van der Waals surface area contributed by atoms with Crippen molar-refractivity contribution in [2.75, 3.05) is 0 Å². The molecule has 0 fully saturated rings. The molecule has 0 spiro atoms. The SMILES string of the molecule is C/C(=N\OC(=O)c1ccccc1)O[Si](C)(C)C(C)(C)C. The van der Waals surface area contributed by atoms with Crippen LogP contribution in [0, 0.1) is 0 Å². The Morgan fingerprint density at radius 3 is 2.20 bits per heavy atom. The highest BCUT2D eigenvalue weighted by Gasteiger charge is 2.39. The summed E-state index contributed by atoms with van der Waals surface area (Å²) in [7, 11) is -1.94. The molecule has 110 valence electrons. The molecule has 0 saturated heterocycles. The topological polar surface area (TPSA) is 47.9 Å². The van der Waals surface area contributed by atoms with Gasteiger partial charge in [0.05, 0.1) is 5.56 Å². The van der Waals surface area contributed by atoms with Crippen molar-refractivity contribution in [1.29, 1.82) is 0 Å². The molecule has 0 aromatic heterocycles. The number of oxime groups is 1. The van der Waals surface area contributed by atoms with Crippen LogP contribution in [-0.4, -0.2) is 20.2 Å². The standard InChI is InChI=1S/C15H23NO3Si/c1-12(19-20(5,6)15(2,3)4)16-18-14(17)13-10-8-7-9-11-13/h7-11H,1-6H3/b16-12+. The predicted molar refractivity (Wildman–Crippen MR) is 83.2 cm³/mol. The lowest BCUT2D eigenvalue weighted by molar-refractivity contribution is 0.0507. The van der Waals surface area contributed by atoms with Gasteiger partial charge in [0.1, 0.15) is 0 Å². The molecule has 0 saturated carbocycles. The number of carbonyl (C=O) groups is 1. The third kappa shape index (κ3) is 4.49. The number of benzene rings is 1. The van der Waals surface area contributed by atoms with E-state index in [0.29, 0.717) is 11.5 Å². The summed E-state index contributed by atoms with van der Waals surface area (Å²) in [4.78, 5) is 16.6. The lowest BCUT2D eigenvalue weighted by atomic mass is 10.2. The molecule has 0 atom stereocenters. The van der Waals surface area contributed by atoms with Gasteiger partial charge in [-0.15, -0.1) is 0 Å². The first-order chi connectivity index (χ1) is 9.13. The van der Waals surface area contributed by atoms with Gasteiger partial charge in [0.15, 0.2) is 0 Å². The van der Waals surface area contributed by atoms with E-state index in [-0.39, 0.29) is 5.04 Å². The van der Waals surface area contributed by atoms with Crippen LogP contribution in [0.4, 0.5) is 0 Å². The molecular weight excluding hydrogens is 270 g/mol. The number of hydrogen-bond donors (Lipinski definition) is 0. The first-order valence-electron chi connectivity index (χ1n) is 6.63. The van der Waals surface area contributed by atoms with E-state index in [4.69, 9.17) is 9.26 Å². The summed E-state index contributed by atoms with van der Waals surface area (Å²) in [5.74, 6) is -0.0929. The van der Waals surface area contributed by atoms with Gasteiger partial charge >= 0.3 is 5.97 Å². The van der Waals surface area contributed by atoms with Crippen LogP contribution in [0.5, 0.6) is 0 Å². The number of hydrogen-bond acceptors (Lipinski definition) is 4. The third-order valence-electron chi connectivity index (χ3n) is 3.48. The second-order valence-corrected chi connectivity index (χ2v) is 10.9. The Hall–Kier alpha value is -1.62. The fraction of sp³-hybridized carbons (Fsp3) is 0.467. The average Bonchev–Trinajstić information content (AvgIpc) is 2.35. The first kappa shape index (κ1) is 16.4. The molecule has 0 N–H and O–H groups in total. The molecule has 0 unspecified atom stereocenters. The molecule has 0 aliphatic heterocycles. The van der Waals surface area contributed by atoms with Crippen molar-refractivity contribution in [3.63, 3.8) is 0 Å². The van der Waals surface area contributed by atoms with E-state index in [1.165, 1.54) is 0 Å². The smallest absolute Gasteiger partial charge is 0.365 e. The number of rotatable bonds is 3. The Morgan fingerprint density at radius 2 is 1.70 bits per heavy atom. The molecule has 0 radical (unpaired) electrons. The monoisotopic (exact) mass is 293 g/mol. The molecule has 1 aromatic carbocycles. The zero-order valence-corrected chi connectivity index (χ0v) is 14.1. The summed E-state index contributed by atoms with van der Waals surface area (Å²) in [6.45, 7) is 12.4. The zero-order chi connectivity index (χ0) is 15.4. The molecule has 1 rings (SSSR count). The number of carbonyl (C=O) groups excluding carboxylic acids is 1. The van der Waals surface area contributed by atoms with Crippen LogP contribution in [-0.2, 0) is 9.26 Å². The fourth-order valence-electron chi connectivity index (χ4n) is 1.27. The molecule has 5 heteroatoms. The molecule has 4 nitrogen and oxygen atoms in total. The van der Waals surface area contributed by atoms with Gasteiger partial charge in [-0.1, -0.05) is 39.0 Å². The van der Waals surface area contributed by atoms with Gasteiger partial charge < -0.3 is 9.26 Å². The quantitative estimate of drug-likeness (QED) is 0.276. The van der Waals surface area contributed by atoms with Gasteiger partial charge in [-0.3, -0.25) is 0 Å². The fourth-order valence-corrected chi connectivity index (χ4v) is 2.36. The lowest BCUT2D eigenvalue weighted by Crippen LogP contribution is -2.42. The van der Waals surface area contributed by atoms with Crippen molar-refractivity contribution in [1.82, 2.24) is 0 Å². The molecule has 0 bridgehead atoms. The minimum absolute atomic E-state index is 0.0766.